The van der Waals surface area contributed by atoms with Crippen LogP contribution in [0, 0.1) is 6.92 Å². The molecule has 4 nitrogen and oxygen atoms in total. The number of hydrogen-bond donors (Lipinski definition) is 1. The summed E-state index contributed by atoms with van der Waals surface area (Å²) < 4.78 is 0. The van der Waals surface area contributed by atoms with E-state index >= 15 is 0 Å². The number of hydrogen-bond acceptors (Lipinski definition) is 4. The lowest BCUT2D eigenvalue weighted by atomic mass is 10.1. The van der Waals surface area contributed by atoms with E-state index in [1.54, 1.807) is 0 Å². The third kappa shape index (κ3) is 3.30. The van der Waals surface area contributed by atoms with E-state index in [2.05, 4.69) is 41.6 Å². The minimum Gasteiger partial charge on any atom is -0.388 e. The van der Waals surface area contributed by atoms with Crippen LogP contribution in [0.2, 0.25) is 0 Å². The van der Waals surface area contributed by atoms with Crippen LogP contribution in [0.25, 0.3) is 0 Å². The number of piperazine rings is 1. The summed E-state index contributed by atoms with van der Waals surface area (Å²) in [7, 11) is 0. The number of nitrogens with zero attached hydrogens (tertiary/aromatic N) is 3. The summed E-state index contributed by atoms with van der Waals surface area (Å²) in [6.07, 6.45) is 2.16. The van der Waals surface area contributed by atoms with Gasteiger partial charge in [-0.1, -0.05) is 6.92 Å². The quantitative estimate of drug-likeness (QED) is 0.917. The van der Waals surface area contributed by atoms with Crippen molar-refractivity contribution in [2.45, 2.75) is 46.3 Å². The molecule has 1 N–H and O–H groups in total. The number of aromatic nitrogens is 1. The Labute approximate surface area is 122 Å². The standard InChI is InChI=1S/C16H27N3O/c1-5-15(20)14-10-13(4)16(17-11-14)19-8-6-18(7-9-19)12(2)3/h10-12,15,20H,5-9H2,1-4H3/t15-/m1/s1. The normalized spacial score (nSPS) is 18.6. The van der Waals surface area contributed by atoms with Gasteiger partial charge >= 0.3 is 0 Å². The van der Waals surface area contributed by atoms with E-state index in [0.717, 1.165) is 49.5 Å². The zero-order valence-corrected chi connectivity index (χ0v) is 13.1. The Balaban J connectivity index is 2.07. The van der Waals surface area contributed by atoms with Gasteiger partial charge in [-0.2, -0.15) is 0 Å². The van der Waals surface area contributed by atoms with Crippen LogP contribution in [0.1, 0.15) is 44.4 Å². The summed E-state index contributed by atoms with van der Waals surface area (Å²) in [4.78, 5) is 9.45. The number of pyridine rings is 1. The van der Waals surface area contributed by atoms with Gasteiger partial charge in [-0.05, 0) is 44.4 Å². The number of anilines is 1. The third-order valence-electron chi connectivity index (χ3n) is 4.19. The smallest absolute Gasteiger partial charge is 0.131 e. The molecule has 20 heavy (non-hydrogen) atoms. The Bertz CT molecular complexity index is 439. The predicted molar refractivity (Wildman–Crippen MR) is 83.1 cm³/mol. The lowest BCUT2D eigenvalue weighted by molar-refractivity contribution is 0.173. The molecule has 0 aromatic carbocycles. The zero-order valence-electron chi connectivity index (χ0n) is 13.1. The Morgan fingerprint density at radius 3 is 2.40 bits per heavy atom. The van der Waals surface area contributed by atoms with Gasteiger partial charge in [0.25, 0.3) is 0 Å². The first kappa shape index (κ1) is 15.3. The molecule has 0 unspecified atom stereocenters. The molecule has 0 spiro atoms. The van der Waals surface area contributed by atoms with Crippen molar-refractivity contribution in [3.05, 3.63) is 23.4 Å². The minimum atomic E-state index is -0.395. The fourth-order valence-corrected chi connectivity index (χ4v) is 2.79. The van der Waals surface area contributed by atoms with E-state index in [4.69, 9.17) is 0 Å². The molecule has 1 saturated heterocycles. The molecule has 4 heteroatoms. The summed E-state index contributed by atoms with van der Waals surface area (Å²) >= 11 is 0. The molecular weight excluding hydrogens is 250 g/mol. The fraction of sp³-hybridized carbons (Fsp3) is 0.688. The van der Waals surface area contributed by atoms with E-state index in [9.17, 15) is 5.11 Å². The SMILES string of the molecule is CC[C@@H](O)c1cnc(N2CCN(C(C)C)CC2)c(C)c1. The van der Waals surface area contributed by atoms with E-state index in [1.807, 2.05) is 13.1 Å². The minimum absolute atomic E-state index is 0.395. The highest BCUT2D eigenvalue weighted by Gasteiger charge is 2.21. The first-order valence-electron chi connectivity index (χ1n) is 7.66. The van der Waals surface area contributed by atoms with Gasteiger partial charge in [0, 0.05) is 38.4 Å². The van der Waals surface area contributed by atoms with Crippen LogP contribution >= 0.6 is 0 Å². The first-order chi connectivity index (χ1) is 9.52. The van der Waals surface area contributed by atoms with Crippen molar-refractivity contribution in [2.24, 2.45) is 0 Å². The van der Waals surface area contributed by atoms with Crippen molar-refractivity contribution >= 4 is 5.82 Å². The van der Waals surface area contributed by atoms with Gasteiger partial charge in [-0.15, -0.1) is 0 Å². The second-order valence-corrected chi connectivity index (χ2v) is 5.95. The largest absolute Gasteiger partial charge is 0.388 e. The summed E-state index contributed by atoms with van der Waals surface area (Å²) in [6.45, 7) is 12.8. The number of aliphatic hydroxyl groups excluding tert-OH is 1. The van der Waals surface area contributed by atoms with E-state index in [0.29, 0.717) is 6.04 Å². The maximum absolute atomic E-state index is 9.89. The molecular formula is C16H27N3O. The van der Waals surface area contributed by atoms with Gasteiger partial charge in [-0.25, -0.2) is 4.98 Å². The second kappa shape index (κ2) is 6.55. The molecule has 0 saturated carbocycles. The predicted octanol–water partition coefficient (Wildman–Crippen LogP) is 2.36. The molecule has 1 aromatic rings. The molecule has 2 heterocycles. The fourth-order valence-electron chi connectivity index (χ4n) is 2.79. The molecule has 1 aromatic heterocycles. The first-order valence-corrected chi connectivity index (χ1v) is 7.66. The second-order valence-electron chi connectivity index (χ2n) is 5.95. The van der Waals surface area contributed by atoms with Crippen molar-refractivity contribution in [1.82, 2.24) is 9.88 Å². The Kier molecular flexibility index (Phi) is 5.00. The van der Waals surface area contributed by atoms with Gasteiger partial charge in [0.15, 0.2) is 0 Å². The maximum atomic E-state index is 9.89. The van der Waals surface area contributed by atoms with Gasteiger partial charge < -0.3 is 10.0 Å². The lowest BCUT2D eigenvalue weighted by Crippen LogP contribution is -2.49. The summed E-state index contributed by atoms with van der Waals surface area (Å²) in [5.41, 5.74) is 2.09. The Hall–Kier alpha value is -1.13. The molecule has 1 fully saturated rings. The Morgan fingerprint density at radius 1 is 1.25 bits per heavy atom. The zero-order chi connectivity index (χ0) is 14.7. The van der Waals surface area contributed by atoms with Crippen molar-refractivity contribution in [1.29, 1.82) is 0 Å². The van der Waals surface area contributed by atoms with Crippen LogP contribution in [-0.4, -0.2) is 47.2 Å². The van der Waals surface area contributed by atoms with Gasteiger partial charge in [0.2, 0.25) is 0 Å². The highest BCUT2D eigenvalue weighted by atomic mass is 16.3. The van der Waals surface area contributed by atoms with Crippen molar-refractivity contribution in [3.8, 4) is 0 Å². The molecule has 0 amide bonds. The van der Waals surface area contributed by atoms with E-state index < -0.39 is 6.10 Å². The Morgan fingerprint density at radius 2 is 1.90 bits per heavy atom. The average Bonchev–Trinajstić information content (AvgIpc) is 2.46. The molecule has 1 aliphatic rings. The molecule has 112 valence electrons. The van der Waals surface area contributed by atoms with E-state index in [-0.39, 0.29) is 0 Å². The monoisotopic (exact) mass is 277 g/mol. The van der Waals surface area contributed by atoms with E-state index in [1.165, 1.54) is 0 Å². The summed E-state index contributed by atoms with van der Waals surface area (Å²) in [5, 5.41) is 9.89. The third-order valence-corrected chi connectivity index (χ3v) is 4.19. The molecule has 2 rings (SSSR count). The van der Waals surface area contributed by atoms with Gasteiger partial charge in [0.1, 0.15) is 5.82 Å². The average molecular weight is 277 g/mol. The van der Waals surface area contributed by atoms with Crippen molar-refractivity contribution < 1.29 is 5.11 Å². The number of rotatable bonds is 4. The van der Waals surface area contributed by atoms with Crippen molar-refractivity contribution in [3.63, 3.8) is 0 Å². The van der Waals surface area contributed by atoms with Crippen molar-refractivity contribution in [2.75, 3.05) is 31.1 Å². The topological polar surface area (TPSA) is 39.6 Å². The summed E-state index contributed by atoms with van der Waals surface area (Å²) in [5.74, 6) is 1.07. The van der Waals surface area contributed by atoms with Crippen LogP contribution in [0.3, 0.4) is 0 Å². The van der Waals surface area contributed by atoms with Crippen LogP contribution in [0.15, 0.2) is 12.3 Å². The number of aliphatic hydroxyl groups is 1. The highest BCUT2D eigenvalue weighted by molar-refractivity contribution is 5.48. The van der Waals surface area contributed by atoms with Crippen LogP contribution in [0.4, 0.5) is 5.82 Å². The van der Waals surface area contributed by atoms with Crippen LogP contribution in [-0.2, 0) is 0 Å². The maximum Gasteiger partial charge on any atom is 0.131 e. The van der Waals surface area contributed by atoms with Gasteiger partial charge in [-0.3, -0.25) is 4.90 Å². The van der Waals surface area contributed by atoms with Crippen LogP contribution < -0.4 is 4.90 Å². The highest BCUT2D eigenvalue weighted by Crippen LogP contribution is 2.23. The summed E-state index contributed by atoms with van der Waals surface area (Å²) in [6, 6.07) is 2.69. The van der Waals surface area contributed by atoms with Crippen LogP contribution in [0.5, 0.6) is 0 Å². The van der Waals surface area contributed by atoms with Gasteiger partial charge in [0.05, 0.1) is 6.10 Å². The molecule has 0 aliphatic carbocycles. The molecule has 1 aliphatic heterocycles. The lowest BCUT2D eigenvalue weighted by Gasteiger charge is -2.38. The molecule has 0 radical (unpaired) electrons. The number of aryl methyl sites for hydroxylation is 1. The molecule has 0 bridgehead atoms. The molecule has 1 atom stereocenters.